The molecule has 122 valence electrons. The average molecular weight is 399 g/mol. The molecule has 0 aliphatic carbocycles. The highest BCUT2D eigenvalue weighted by Gasteiger charge is 2.32. The molecule has 23 heavy (non-hydrogen) atoms. The number of fused-ring (bicyclic) bond motifs is 1. The van der Waals surface area contributed by atoms with Crippen LogP contribution in [0.4, 0.5) is 0 Å². The Balaban J connectivity index is 2.05. The second-order valence-corrected chi connectivity index (χ2v) is 6.29. The van der Waals surface area contributed by atoms with Crippen LogP contribution in [0, 0.1) is 0 Å². The number of ether oxygens (including phenoxy) is 3. The smallest absolute Gasteiger partial charge is 0.338 e. The SMILES string of the molecule is CCOC(=O)C1=C(C)NC(=S)N[C@H]1c1cc(Br)c2c(c1)OCO2. The minimum Gasteiger partial charge on any atom is -0.463 e. The summed E-state index contributed by atoms with van der Waals surface area (Å²) >= 11 is 8.69. The molecule has 0 bridgehead atoms. The summed E-state index contributed by atoms with van der Waals surface area (Å²) in [6.45, 7) is 4.05. The van der Waals surface area contributed by atoms with Gasteiger partial charge in [0.1, 0.15) is 0 Å². The van der Waals surface area contributed by atoms with Crippen molar-refractivity contribution in [2.75, 3.05) is 13.4 Å². The summed E-state index contributed by atoms with van der Waals surface area (Å²) in [5.41, 5.74) is 1.99. The van der Waals surface area contributed by atoms with Gasteiger partial charge in [0.25, 0.3) is 0 Å². The molecule has 0 saturated heterocycles. The lowest BCUT2D eigenvalue weighted by Gasteiger charge is -2.30. The summed E-state index contributed by atoms with van der Waals surface area (Å²) in [5.74, 6) is 0.899. The molecule has 0 unspecified atom stereocenters. The minimum absolute atomic E-state index is 0.176. The molecule has 2 N–H and O–H groups in total. The van der Waals surface area contributed by atoms with E-state index in [1.807, 2.05) is 12.1 Å². The quantitative estimate of drug-likeness (QED) is 0.598. The molecule has 0 spiro atoms. The van der Waals surface area contributed by atoms with E-state index in [0.29, 0.717) is 34.5 Å². The van der Waals surface area contributed by atoms with Crippen LogP contribution in [0.15, 0.2) is 27.9 Å². The highest BCUT2D eigenvalue weighted by Crippen LogP contribution is 2.42. The highest BCUT2D eigenvalue weighted by molar-refractivity contribution is 9.10. The van der Waals surface area contributed by atoms with Crippen LogP contribution in [0.25, 0.3) is 0 Å². The Morgan fingerprint density at radius 3 is 3.00 bits per heavy atom. The molecule has 1 aromatic carbocycles. The van der Waals surface area contributed by atoms with Gasteiger partial charge >= 0.3 is 5.97 Å². The molecule has 0 saturated carbocycles. The van der Waals surface area contributed by atoms with E-state index in [1.54, 1.807) is 13.8 Å². The number of allylic oxidation sites excluding steroid dienone is 1. The van der Waals surface area contributed by atoms with Gasteiger partial charge in [-0.15, -0.1) is 0 Å². The van der Waals surface area contributed by atoms with Crippen molar-refractivity contribution in [2.24, 2.45) is 0 Å². The fraction of sp³-hybridized carbons (Fsp3) is 0.333. The first kappa shape index (κ1) is 16.1. The molecule has 1 aromatic rings. The second-order valence-electron chi connectivity index (χ2n) is 5.03. The summed E-state index contributed by atoms with van der Waals surface area (Å²) in [5, 5.41) is 6.54. The molecule has 0 amide bonds. The van der Waals surface area contributed by atoms with Gasteiger partial charge in [-0.1, -0.05) is 0 Å². The molecular formula is C15H15BrN2O4S. The standard InChI is InChI=1S/C15H15BrN2O4S/c1-3-20-14(19)11-7(2)17-15(23)18-12(11)8-4-9(16)13-10(5-8)21-6-22-13/h4-5,12H,3,6H2,1-2H3,(H2,17,18,23)/t12-/m0/s1. The van der Waals surface area contributed by atoms with Crippen LogP contribution in [-0.4, -0.2) is 24.5 Å². The van der Waals surface area contributed by atoms with E-state index in [9.17, 15) is 4.79 Å². The third-order valence-corrected chi connectivity index (χ3v) is 4.36. The summed E-state index contributed by atoms with van der Waals surface area (Å²) in [6, 6.07) is 3.30. The predicted octanol–water partition coefficient (Wildman–Crippen LogP) is 2.53. The first-order valence-corrected chi connectivity index (χ1v) is 8.25. The van der Waals surface area contributed by atoms with E-state index in [-0.39, 0.29) is 12.8 Å². The fourth-order valence-corrected chi connectivity index (χ4v) is 3.42. The molecule has 6 nitrogen and oxygen atoms in total. The monoisotopic (exact) mass is 398 g/mol. The Hall–Kier alpha value is -1.80. The normalized spacial score (nSPS) is 19.3. The number of halogens is 1. The minimum atomic E-state index is -0.423. The van der Waals surface area contributed by atoms with Gasteiger partial charge in [-0.05, 0) is 59.7 Å². The number of benzene rings is 1. The highest BCUT2D eigenvalue weighted by atomic mass is 79.9. The summed E-state index contributed by atoms with van der Waals surface area (Å²) in [4.78, 5) is 12.3. The molecule has 0 aromatic heterocycles. The zero-order chi connectivity index (χ0) is 16.6. The maximum Gasteiger partial charge on any atom is 0.338 e. The molecule has 3 rings (SSSR count). The van der Waals surface area contributed by atoms with Crippen LogP contribution in [0.1, 0.15) is 25.5 Å². The van der Waals surface area contributed by atoms with Crippen LogP contribution in [0.2, 0.25) is 0 Å². The molecule has 2 aliphatic rings. The first-order chi connectivity index (χ1) is 11.0. The number of carbonyl (C=O) groups is 1. The molecule has 0 radical (unpaired) electrons. The lowest BCUT2D eigenvalue weighted by atomic mass is 9.95. The summed E-state index contributed by atoms with van der Waals surface area (Å²) < 4.78 is 16.8. The molecule has 2 aliphatic heterocycles. The van der Waals surface area contributed by atoms with E-state index < -0.39 is 6.04 Å². The first-order valence-electron chi connectivity index (χ1n) is 7.05. The molecular weight excluding hydrogens is 384 g/mol. The number of rotatable bonds is 3. The van der Waals surface area contributed by atoms with Crippen LogP contribution in [-0.2, 0) is 9.53 Å². The fourth-order valence-electron chi connectivity index (χ4n) is 2.58. The molecule has 1 atom stereocenters. The van der Waals surface area contributed by atoms with Crippen LogP contribution >= 0.6 is 28.1 Å². The van der Waals surface area contributed by atoms with Crippen LogP contribution in [0.3, 0.4) is 0 Å². The third kappa shape index (κ3) is 3.00. The Morgan fingerprint density at radius 1 is 1.48 bits per heavy atom. The number of nitrogens with one attached hydrogen (secondary N) is 2. The van der Waals surface area contributed by atoms with E-state index >= 15 is 0 Å². The molecule has 0 fully saturated rings. The Kier molecular flexibility index (Phi) is 4.45. The van der Waals surface area contributed by atoms with Crippen molar-refractivity contribution in [2.45, 2.75) is 19.9 Å². The predicted molar refractivity (Wildman–Crippen MR) is 91.2 cm³/mol. The van der Waals surface area contributed by atoms with Crippen molar-refractivity contribution < 1.29 is 19.0 Å². The van der Waals surface area contributed by atoms with Gasteiger partial charge < -0.3 is 24.8 Å². The molecule has 2 heterocycles. The topological polar surface area (TPSA) is 68.8 Å². The maximum atomic E-state index is 12.3. The average Bonchev–Trinajstić information content (AvgIpc) is 2.95. The number of hydrogen-bond acceptors (Lipinski definition) is 5. The van der Waals surface area contributed by atoms with E-state index in [0.717, 1.165) is 10.0 Å². The zero-order valence-corrected chi connectivity index (χ0v) is 15.0. The van der Waals surface area contributed by atoms with Crippen LogP contribution in [0.5, 0.6) is 11.5 Å². The van der Waals surface area contributed by atoms with Gasteiger partial charge in [0.2, 0.25) is 6.79 Å². The summed E-state index contributed by atoms with van der Waals surface area (Å²) in [7, 11) is 0. The zero-order valence-electron chi connectivity index (χ0n) is 12.6. The van der Waals surface area contributed by atoms with Gasteiger partial charge in [0.05, 0.1) is 22.7 Å². The Morgan fingerprint density at radius 2 is 2.26 bits per heavy atom. The molecule has 8 heteroatoms. The second kappa shape index (κ2) is 6.37. The Bertz CT molecular complexity index is 720. The number of hydrogen-bond donors (Lipinski definition) is 2. The van der Waals surface area contributed by atoms with Gasteiger partial charge in [0, 0.05) is 5.70 Å². The van der Waals surface area contributed by atoms with Crippen LogP contribution < -0.4 is 20.1 Å². The van der Waals surface area contributed by atoms with Crippen molar-refractivity contribution in [3.05, 3.63) is 33.4 Å². The van der Waals surface area contributed by atoms with E-state index in [1.165, 1.54) is 0 Å². The van der Waals surface area contributed by atoms with Crippen molar-refractivity contribution >= 4 is 39.2 Å². The van der Waals surface area contributed by atoms with Gasteiger partial charge in [-0.3, -0.25) is 0 Å². The van der Waals surface area contributed by atoms with Crippen molar-refractivity contribution in [3.8, 4) is 11.5 Å². The van der Waals surface area contributed by atoms with Gasteiger partial charge in [-0.2, -0.15) is 0 Å². The van der Waals surface area contributed by atoms with Crippen molar-refractivity contribution in [1.82, 2.24) is 10.6 Å². The van der Waals surface area contributed by atoms with Gasteiger partial charge in [0.15, 0.2) is 16.6 Å². The third-order valence-electron chi connectivity index (χ3n) is 3.55. The van der Waals surface area contributed by atoms with Crippen molar-refractivity contribution in [3.63, 3.8) is 0 Å². The lowest BCUT2D eigenvalue weighted by Crippen LogP contribution is -2.45. The van der Waals surface area contributed by atoms with E-state index in [2.05, 4.69) is 26.6 Å². The van der Waals surface area contributed by atoms with E-state index in [4.69, 9.17) is 26.4 Å². The summed E-state index contributed by atoms with van der Waals surface area (Å²) in [6.07, 6.45) is 0. The van der Waals surface area contributed by atoms with Crippen molar-refractivity contribution in [1.29, 1.82) is 0 Å². The number of carbonyl (C=O) groups excluding carboxylic acids is 1. The number of thiocarbonyl (C=S) groups is 1. The van der Waals surface area contributed by atoms with Gasteiger partial charge in [-0.25, -0.2) is 4.79 Å². The maximum absolute atomic E-state index is 12.3. The Labute approximate surface area is 147 Å². The largest absolute Gasteiger partial charge is 0.463 e. The lowest BCUT2D eigenvalue weighted by molar-refractivity contribution is -0.139. The number of esters is 1.